The van der Waals surface area contributed by atoms with E-state index < -0.39 is 0 Å². The molecule has 6 heteroatoms. The van der Waals surface area contributed by atoms with Gasteiger partial charge in [0.15, 0.2) is 0 Å². The highest BCUT2D eigenvalue weighted by Crippen LogP contribution is 2.11. The second kappa shape index (κ2) is 7.78. The monoisotopic (exact) mass is 327 g/mol. The molecule has 1 rings (SSSR count). The normalized spacial score (nSPS) is 13.1. The Balaban J connectivity index is 2.51. The number of rotatable bonds is 6. The molecule has 5 nitrogen and oxygen atoms in total. The van der Waals surface area contributed by atoms with E-state index in [-0.39, 0.29) is 17.8 Å². The second-order valence-electron chi connectivity index (χ2n) is 4.27. The molecule has 0 aliphatic rings. The van der Waals surface area contributed by atoms with E-state index in [0.717, 1.165) is 16.5 Å². The van der Waals surface area contributed by atoms with Gasteiger partial charge in [-0.05, 0) is 24.1 Å². The molecule has 0 saturated carbocycles. The van der Waals surface area contributed by atoms with Gasteiger partial charge >= 0.3 is 0 Å². The highest BCUT2D eigenvalue weighted by Gasteiger charge is 2.12. The summed E-state index contributed by atoms with van der Waals surface area (Å²) in [5, 5.41) is 14.3. The number of nitrogens with two attached hydrogens (primary N) is 1. The van der Waals surface area contributed by atoms with Crippen LogP contribution in [0.1, 0.15) is 25.3 Å². The summed E-state index contributed by atoms with van der Waals surface area (Å²) in [4.78, 5) is 11.9. The van der Waals surface area contributed by atoms with Crippen molar-refractivity contribution in [3.8, 4) is 0 Å². The van der Waals surface area contributed by atoms with E-state index in [2.05, 4.69) is 26.4 Å². The zero-order valence-electron chi connectivity index (χ0n) is 10.8. The lowest BCUT2D eigenvalue weighted by Crippen LogP contribution is -2.38. The zero-order valence-corrected chi connectivity index (χ0v) is 12.4. The predicted octanol–water partition coefficient (Wildman–Crippen LogP) is 2.02. The molecule has 0 radical (unpaired) electrons. The van der Waals surface area contributed by atoms with Crippen LogP contribution >= 0.6 is 15.9 Å². The molecule has 1 amide bonds. The van der Waals surface area contributed by atoms with Crippen molar-refractivity contribution in [1.29, 1.82) is 0 Å². The van der Waals surface area contributed by atoms with Gasteiger partial charge in [-0.15, -0.1) is 0 Å². The summed E-state index contributed by atoms with van der Waals surface area (Å²) in [5.41, 5.74) is 6.38. The lowest BCUT2D eigenvalue weighted by molar-refractivity contribution is -0.121. The van der Waals surface area contributed by atoms with Crippen LogP contribution in [0.3, 0.4) is 0 Å². The average Bonchev–Trinajstić information content (AvgIpc) is 2.40. The van der Waals surface area contributed by atoms with Crippen molar-refractivity contribution < 1.29 is 10.0 Å². The van der Waals surface area contributed by atoms with E-state index in [4.69, 9.17) is 10.9 Å². The summed E-state index contributed by atoms with van der Waals surface area (Å²) in [7, 11) is 0. The molecule has 1 aromatic carbocycles. The van der Waals surface area contributed by atoms with Crippen LogP contribution in [0, 0.1) is 0 Å². The van der Waals surface area contributed by atoms with E-state index in [0.29, 0.717) is 12.8 Å². The van der Waals surface area contributed by atoms with Crippen molar-refractivity contribution in [2.45, 2.75) is 32.2 Å². The number of hydrogen-bond acceptors (Lipinski definition) is 3. The number of amides is 1. The van der Waals surface area contributed by atoms with Crippen LogP contribution in [0.4, 0.5) is 0 Å². The largest absolute Gasteiger partial charge is 0.409 e. The van der Waals surface area contributed by atoms with Crippen molar-refractivity contribution in [3.05, 3.63) is 34.3 Å². The van der Waals surface area contributed by atoms with Crippen molar-refractivity contribution >= 4 is 27.7 Å². The van der Waals surface area contributed by atoms with Gasteiger partial charge in [-0.1, -0.05) is 40.1 Å². The molecule has 0 aliphatic carbocycles. The second-order valence-corrected chi connectivity index (χ2v) is 5.19. The number of hydrogen-bond donors (Lipinski definition) is 3. The Morgan fingerprint density at radius 1 is 1.47 bits per heavy atom. The van der Waals surface area contributed by atoms with Crippen molar-refractivity contribution in [2.75, 3.05) is 0 Å². The molecule has 0 spiro atoms. The van der Waals surface area contributed by atoms with Gasteiger partial charge in [0.25, 0.3) is 0 Å². The van der Waals surface area contributed by atoms with Crippen LogP contribution in [0.25, 0.3) is 0 Å². The number of carbonyl (C=O) groups is 1. The molecule has 0 saturated heterocycles. The maximum Gasteiger partial charge on any atom is 0.224 e. The molecule has 4 N–H and O–H groups in total. The van der Waals surface area contributed by atoms with Crippen LogP contribution in [0.5, 0.6) is 0 Å². The number of halogens is 1. The molecule has 0 aromatic heterocycles. The molecule has 104 valence electrons. The standard InChI is InChI=1S/C13H18BrN3O2/c1-2-11(8-12(15)17-19)16-13(18)7-9-3-5-10(14)6-4-9/h3-6,11,19H,2,7-8H2,1H3,(H2,15,17)(H,16,18). The van der Waals surface area contributed by atoms with Gasteiger partial charge < -0.3 is 16.3 Å². The third-order valence-corrected chi connectivity index (χ3v) is 3.25. The number of carbonyl (C=O) groups excluding carboxylic acids is 1. The van der Waals surface area contributed by atoms with Gasteiger partial charge in [-0.25, -0.2) is 0 Å². The molecule has 0 aliphatic heterocycles. The summed E-state index contributed by atoms with van der Waals surface area (Å²) in [5.74, 6) is 0.0516. The number of oxime groups is 1. The van der Waals surface area contributed by atoms with Crippen molar-refractivity contribution in [1.82, 2.24) is 5.32 Å². The minimum atomic E-state index is -0.112. The minimum absolute atomic E-state index is 0.0695. The van der Waals surface area contributed by atoms with Gasteiger partial charge in [0.2, 0.25) is 5.91 Å². The molecule has 1 aromatic rings. The van der Waals surface area contributed by atoms with Gasteiger partial charge in [-0.2, -0.15) is 0 Å². The summed E-state index contributed by atoms with van der Waals surface area (Å²) < 4.78 is 0.982. The highest BCUT2D eigenvalue weighted by molar-refractivity contribution is 9.10. The fraction of sp³-hybridized carbons (Fsp3) is 0.385. The first-order valence-corrected chi connectivity index (χ1v) is 6.84. The highest BCUT2D eigenvalue weighted by atomic mass is 79.9. The van der Waals surface area contributed by atoms with Gasteiger partial charge in [0.05, 0.1) is 6.42 Å². The Kier molecular flexibility index (Phi) is 6.35. The number of nitrogens with one attached hydrogen (secondary N) is 1. The Morgan fingerprint density at radius 2 is 2.11 bits per heavy atom. The first kappa shape index (κ1) is 15.5. The number of nitrogens with zero attached hydrogens (tertiary/aromatic N) is 1. The maximum atomic E-state index is 11.9. The fourth-order valence-electron chi connectivity index (χ4n) is 1.66. The van der Waals surface area contributed by atoms with Crippen LogP contribution in [0.15, 0.2) is 33.9 Å². The number of amidine groups is 1. The molecule has 19 heavy (non-hydrogen) atoms. The predicted molar refractivity (Wildman–Crippen MR) is 78.1 cm³/mol. The Labute approximate surface area is 121 Å². The lowest BCUT2D eigenvalue weighted by Gasteiger charge is -2.16. The third-order valence-electron chi connectivity index (χ3n) is 2.72. The lowest BCUT2D eigenvalue weighted by atomic mass is 10.1. The summed E-state index contributed by atoms with van der Waals surface area (Å²) >= 11 is 3.35. The third kappa shape index (κ3) is 5.74. The first-order chi connectivity index (χ1) is 9.05. The topological polar surface area (TPSA) is 87.7 Å². The van der Waals surface area contributed by atoms with Crippen molar-refractivity contribution in [2.24, 2.45) is 10.9 Å². The van der Waals surface area contributed by atoms with Gasteiger partial charge in [-0.3, -0.25) is 4.79 Å². The molecular formula is C13H18BrN3O2. The average molecular weight is 328 g/mol. The molecule has 1 unspecified atom stereocenters. The van der Waals surface area contributed by atoms with Crippen LogP contribution < -0.4 is 11.1 Å². The van der Waals surface area contributed by atoms with E-state index in [9.17, 15) is 4.79 Å². The maximum absolute atomic E-state index is 11.9. The smallest absolute Gasteiger partial charge is 0.224 e. The quantitative estimate of drug-likeness (QED) is 0.323. The van der Waals surface area contributed by atoms with Crippen LogP contribution in [-0.4, -0.2) is 23.0 Å². The fourth-order valence-corrected chi connectivity index (χ4v) is 1.92. The van der Waals surface area contributed by atoms with Gasteiger partial charge in [0.1, 0.15) is 5.84 Å². The summed E-state index contributed by atoms with van der Waals surface area (Å²) in [6, 6.07) is 7.48. The van der Waals surface area contributed by atoms with Crippen LogP contribution in [0.2, 0.25) is 0 Å². The molecule has 0 fully saturated rings. The van der Waals surface area contributed by atoms with E-state index in [1.54, 1.807) is 0 Å². The summed E-state index contributed by atoms with van der Waals surface area (Å²) in [6.45, 7) is 1.94. The SMILES string of the molecule is CCC(CC(N)=NO)NC(=O)Cc1ccc(Br)cc1. The molecule has 0 bridgehead atoms. The Bertz CT molecular complexity index is 446. The minimum Gasteiger partial charge on any atom is -0.409 e. The van der Waals surface area contributed by atoms with Gasteiger partial charge in [0, 0.05) is 16.9 Å². The van der Waals surface area contributed by atoms with E-state index in [1.807, 2.05) is 31.2 Å². The molecular weight excluding hydrogens is 310 g/mol. The van der Waals surface area contributed by atoms with Crippen LogP contribution in [-0.2, 0) is 11.2 Å². The zero-order chi connectivity index (χ0) is 14.3. The molecule has 1 atom stereocenters. The van der Waals surface area contributed by atoms with E-state index in [1.165, 1.54) is 0 Å². The summed E-state index contributed by atoms with van der Waals surface area (Å²) in [6.07, 6.45) is 1.39. The Hall–Kier alpha value is -1.56. The number of benzene rings is 1. The van der Waals surface area contributed by atoms with Crippen molar-refractivity contribution in [3.63, 3.8) is 0 Å². The van der Waals surface area contributed by atoms with E-state index >= 15 is 0 Å². The first-order valence-electron chi connectivity index (χ1n) is 6.05. The Morgan fingerprint density at radius 3 is 2.63 bits per heavy atom. The molecule has 0 heterocycles.